The molecule has 4 rings (SSSR count). The Balaban J connectivity index is 1.73. The number of nitrogens with one attached hydrogen (secondary N) is 2. The number of pyridine rings is 1. The van der Waals surface area contributed by atoms with Crippen molar-refractivity contribution in [2.24, 2.45) is 11.7 Å². The standard InChI is InChI=1S/C21H21F3N6O/c1-11-10-13(4-5-14(11)18(26)21(22,23)24)28-19-17-16(7-9-27-20(17)31)30(29-19)15(6-8-25)12-2-3-12/h4-5,7,9-10,12,15,18H,2-3,6,26H2,1H3,(H,27,31)(H,28,29)/t15-,18-/m0/s1. The average Bonchev–Trinajstić information content (AvgIpc) is 3.48. The lowest BCUT2D eigenvalue weighted by Gasteiger charge is -2.18. The number of hydrogen-bond donors (Lipinski definition) is 3. The maximum absolute atomic E-state index is 13.0. The van der Waals surface area contributed by atoms with E-state index < -0.39 is 12.2 Å². The topological polar surface area (TPSA) is 113 Å². The molecule has 162 valence electrons. The van der Waals surface area contributed by atoms with Crippen molar-refractivity contribution in [3.8, 4) is 6.07 Å². The van der Waals surface area contributed by atoms with Crippen LogP contribution in [0.3, 0.4) is 0 Å². The van der Waals surface area contributed by atoms with E-state index in [2.05, 4.69) is 21.5 Å². The van der Waals surface area contributed by atoms with E-state index in [9.17, 15) is 23.2 Å². The molecular formula is C21H21F3N6O. The third kappa shape index (κ3) is 4.01. The van der Waals surface area contributed by atoms with Gasteiger partial charge in [-0.1, -0.05) is 6.07 Å². The third-order valence-electron chi connectivity index (χ3n) is 5.63. The molecule has 10 heteroatoms. The Kier molecular flexibility index (Phi) is 5.23. The van der Waals surface area contributed by atoms with Crippen molar-refractivity contribution in [1.29, 1.82) is 5.26 Å². The molecule has 2 aromatic heterocycles. The van der Waals surface area contributed by atoms with Gasteiger partial charge < -0.3 is 16.0 Å². The van der Waals surface area contributed by atoms with E-state index >= 15 is 0 Å². The van der Waals surface area contributed by atoms with Crippen LogP contribution in [0.4, 0.5) is 24.7 Å². The number of hydrogen-bond acceptors (Lipinski definition) is 5. The molecule has 0 spiro atoms. The van der Waals surface area contributed by atoms with Crippen molar-refractivity contribution in [3.63, 3.8) is 0 Å². The summed E-state index contributed by atoms with van der Waals surface area (Å²) < 4.78 is 40.7. The van der Waals surface area contributed by atoms with Crippen LogP contribution in [0.15, 0.2) is 35.3 Å². The smallest absolute Gasteiger partial charge is 0.338 e. The third-order valence-corrected chi connectivity index (χ3v) is 5.63. The number of fused-ring (bicyclic) bond motifs is 1. The summed E-state index contributed by atoms with van der Waals surface area (Å²) >= 11 is 0. The summed E-state index contributed by atoms with van der Waals surface area (Å²) in [6.07, 6.45) is -0.739. The van der Waals surface area contributed by atoms with Gasteiger partial charge in [0.25, 0.3) is 5.56 Å². The molecule has 1 fully saturated rings. The molecule has 1 aliphatic carbocycles. The summed E-state index contributed by atoms with van der Waals surface area (Å²) in [5.41, 5.74) is 6.43. The number of anilines is 2. The lowest BCUT2D eigenvalue weighted by Crippen LogP contribution is -2.29. The number of aromatic nitrogens is 3. The number of aromatic amines is 1. The summed E-state index contributed by atoms with van der Waals surface area (Å²) in [6, 6.07) is 6.05. The van der Waals surface area contributed by atoms with E-state index in [1.807, 2.05) is 0 Å². The van der Waals surface area contributed by atoms with Gasteiger partial charge in [0, 0.05) is 11.9 Å². The van der Waals surface area contributed by atoms with E-state index in [0.29, 0.717) is 28.1 Å². The fraction of sp³-hybridized carbons (Fsp3) is 0.381. The Morgan fingerprint density at radius 3 is 2.74 bits per heavy atom. The van der Waals surface area contributed by atoms with Crippen LogP contribution >= 0.6 is 0 Å². The first-order valence-corrected chi connectivity index (χ1v) is 9.87. The fourth-order valence-corrected chi connectivity index (χ4v) is 3.88. The van der Waals surface area contributed by atoms with E-state index in [1.54, 1.807) is 17.7 Å². The number of aryl methyl sites for hydroxylation is 1. The minimum absolute atomic E-state index is 0.0193. The van der Waals surface area contributed by atoms with Crippen molar-refractivity contribution in [2.45, 2.75) is 44.4 Å². The molecule has 0 saturated heterocycles. The van der Waals surface area contributed by atoms with Crippen molar-refractivity contribution in [2.75, 3.05) is 5.32 Å². The fourth-order valence-electron chi connectivity index (χ4n) is 3.88. The zero-order chi connectivity index (χ0) is 22.3. The van der Waals surface area contributed by atoms with Crippen LogP contribution in [-0.2, 0) is 0 Å². The minimum Gasteiger partial charge on any atom is -0.338 e. The molecule has 1 aromatic carbocycles. The Morgan fingerprint density at radius 1 is 1.39 bits per heavy atom. The van der Waals surface area contributed by atoms with Crippen molar-refractivity contribution in [3.05, 3.63) is 51.9 Å². The quantitative estimate of drug-likeness (QED) is 0.542. The normalized spacial score (nSPS) is 16.1. The highest BCUT2D eigenvalue weighted by Crippen LogP contribution is 2.43. The molecule has 0 radical (unpaired) electrons. The zero-order valence-corrected chi connectivity index (χ0v) is 16.7. The number of H-pyrrole nitrogens is 1. The van der Waals surface area contributed by atoms with Gasteiger partial charge in [-0.15, -0.1) is 0 Å². The molecule has 0 amide bonds. The molecule has 3 aromatic rings. The summed E-state index contributed by atoms with van der Waals surface area (Å²) in [5.74, 6) is 0.619. The van der Waals surface area contributed by atoms with Crippen LogP contribution in [0.5, 0.6) is 0 Å². The molecule has 0 bridgehead atoms. The van der Waals surface area contributed by atoms with E-state index in [-0.39, 0.29) is 29.4 Å². The number of nitriles is 1. The average molecular weight is 430 g/mol. The predicted molar refractivity (Wildman–Crippen MR) is 110 cm³/mol. The highest BCUT2D eigenvalue weighted by molar-refractivity contribution is 5.91. The molecule has 0 aliphatic heterocycles. The van der Waals surface area contributed by atoms with Crippen LogP contribution < -0.4 is 16.6 Å². The molecule has 7 nitrogen and oxygen atoms in total. The molecule has 4 N–H and O–H groups in total. The maximum atomic E-state index is 13.0. The van der Waals surface area contributed by atoms with Gasteiger partial charge in [0.1, 0.15) is 11.4 Å². The minimum atomic E-state index is -4.54. The second-order valence-corrected chi connectivity index (χ2v) is 7.84. The van der Waals surface area contributed by atoms with Gasteiger partial charge in [-0.2, -0.15) is 23.5 Å². The second kappa shape index (κ2) is 7.74. The zero-order valence-electron chi connectivity index (χ0n) is 16.7. The number of benzene rings is 1. The summed E-state index contributed by atoms with van der Waals surface area (Å²) in [4.78, 5) is 15.2. The lowest BCUT2D eigenvalue weighted by molar-refractivity contribution is -0.149. The highest BCUT2D eigenvalue weighted by Gasteiger charge is 2.38. The van der Waals surface area contributed by atoms with Crippen LogP contribution in [0.25, 0.3) is 10.9 Å². The first kappa shape index (κ1) is 20.9. The monoisotopic (exact) mass is 430 g/mol. The van der Waals surface area contributed by atoms with Crippen molar-refractivity contribution < 1.29 is 13.2 Å². The largest absolute Gasteiger partial charge is 0.407 e. The van der Waals surface area contributed by atoms with Gasteiger partial charge in [-0.25, -0.2) is 0 Å². The summed E-state index contributed by atoms with van der Waals surface area (Å²) in [5, 5.41) is 17.2. The Labute approximate surface area is 175 Å². The van der Waals surface area contributed by atoms with Crippen LogP contribution in [0, 0.1) is 24.2 Å². The second-order valence-electron chi connectivity index (χ2n) is 7.84. The summed E-state index contributed by atoms with van der Waals surface area (Å²) in [6.45, 7) is 1.55. The number of alkyl halides is 3. The maximum Gasteiger partial charge on any atom is 0.407 e. The van der Waals surface area contributed by atoms with Gasteiger partial charge in [-0.05, 0) is 55.0 Å². The van der Waals surface area contributed by atoms with Crippen molar-refractivity contribution >= 4 is 22.4 Å². The van der Waals surface area contributed by atoms with Gasteiger partial charge in [0.15, 0.2) is 5.82 Å². The van der Waals surface area contributed by atoms with Crippen LogP contribution in [0.2, 0.25) is 0 Å². The number of rotatable bonds is 6. The van der Waals surface area contributed by atoms with Crippen molar-refractivity contribution in [1.82, 2.24) is 14.8 Å². The Morgan fingerprint density at radius 2 is 2.13 bits per heavy atom. The van der Waals surface area contributed by atoms with E-state index in [4.69, 9.17) is 5.73 Å². The van der Waals surface area contributed by atoms with Gasteiger partial charge in [0.2, 0.25) is 0 Å². The summed E-state index contributed by atoms with van der Waals surface area (Å²) in [7, 11) is 0. The highest BCUT2D eigenvalue weighted by atomic mass is 19.4. The predicted octanol–water partition coefficient (Wildman–Crippen LogP) is 4.20. The molecule has 0 unspecified atom stereocenters. The Hall–Kier alpha value is -3.32. The van der Waals surface area contributed by atoms with Gasteiger partial charge in [0.05, 0.1) is 24.0 Å². The molecule has 1 saturated carbocycles. The number of nitrogens with zero attached hydrogens (tertiary/aromatic N) is 3. The first-order chi connectivity index (χ1) is 14.7. The van der Waals surface area contributed by atoms with E-state index in [1.165, 1.54) is 24.4 Å². The van der Waals surface area contributed by atoms with Gasteiger partial charge >= 0.3 is 6.18 Å². The molecular weight excluding hydrogens is 409 g/mol. The molecule has 2 heterocycles. The van der Waals surface area contributed by atoms with Crippen LogP contribution in [0.1, 0.15) is 42.5 Å². The lowest BCUT2D eigenvalue weighted by atomic mass is 10.0. The Bertz CT molecular complexity index is 1220. The number of halogens is 3. The first-order valence-electron chi connectivity index (χ1n) is 9.87. The van der Waals surface area contributed by atoms with E-state index in [0.717, 1.165) is 12.8 Å². The van der Waals surface area contributed by atoms with Gasteiger partial charge in [-0.3, -0.25) is 9.48 Å². The van der Waals surface area contributed by atoms with Crippen LogP contribution in [-0.4, -0.2) is 20.9 Å². The number of nitrogens with two attached hydrogens (primary N) is 1. The molecule has 2 atom stereocenters. The molecule has 31 heavy (non-hydrogen) atoms. The SMILES string of the molecule is Cc1cc(Nc2nn([C@@H](CC#N)C3CC3)c3cc[nH]c(=O)c23)ccc1[C@H](N)C(F)(F)F. The molecule has 1 aliphatic rings.